The summed E-state index contributed by atoms with van der Waals surface area (Å²) in [6, 6.07) is 2.14. The van der Waals surface area contributed by atoms with Crippen molar-refractivity contribution in [2.24, 2.45) is 12.0 Å². The van der Waals surface area contributed by atoms with E-state index in [1.54, 1.807) is 0 Å². The number of hydrogen-bond acceptors (Lipinski definition) is 2. The smallest absolute Gasteiger partial charge is 0.194 e. The van der Waals surface area contributed by atoms with Gasteiger partial charge in [-0.1, -0.05) is 6.08 Å². The zero-order valence-corrected chi connectivity index (χ0v) is 18.2. The first-order valence-electron chi connectivity index (χ1n) is 7.07. The third-order valence-corrected chi connectivity index (χ3v) is 4.28. The van der Waals surface area contributed by atoms with Gasteiger partial charge in [0.15, 0.2) is 5.96 Å². The van der Waals surface area contributed by atoms with Gasteiger partial charge in [-0.2, -0.15) is 11.8 Å². The molecule has 0 bridgehead atoms. The van der Waals surface area contributed by atoms with Gasteiger partial charge in [0.2, 0.25) is 0 Å². The molecule has 1 aromatic heterocycles. The summed E-state index contributed by atoms with van der Waals surface area (Å²) in [5.41, 5.74) is 1.25. The predicted molar refractivity (Wildman–Crippen MR) is 113 cm³/mol. The lowest BCUT2D eigenvalue weighted by molar-refractivity contribution is 0.462. The van der Waals surface area contributed by atoms with Gasteiger partial charge in [-0.3, -0.25) is 4.99 Å². The zero-order valence-electron chi connectivity index (χ0n) is 13.5. The second kappa shape index (κ2) is 12.3. The molecule has 0 radical (unpaired) electrons. The van der Waals surface area contributed by atoms with E-state index in [0.717, 1.165) is 41.6 Å². The van der Waals surface area contributed by atoms with Crippen LogP contribution in [0, 0.1) is 0 Å². The maximum Gasteiger partial charge on any atom is 0.194 e. The number of hydrogen-bond donors (Lipinski definition) is 1. The summed E-state index contributed by atoms with van der Waals surface area (Å²) < 4.78 is 3.24. The van der Waals surface area contributed by atoms with E-state index in [0.29, 0.717) is 0 Å². The molecular weight excluding hydrogens is 475 g/mol. The first kappa shape index (κ1) is 21.9. The number of guanidine groups is 1. The van der Waals surface area contributed by atoms with Gasteiger partial charge in [0.25, 0.3) is 0 Å². The molecule has 0 atom stereocenters. The fraction of sp³-hybridized carbons (Fsp3) is 0.533. The standard InChI is InChI=1S/C15H25BrN4S.HI/c1-5-8-21-9-7-18-15(17-6-2)20(4)12-14-10-13(16)11-19(14)3;/h5,10-11H,1,6-9,12H2,2-4H3,(H,17,18);1H. The van der Waals surface area contributed by atoms with Crippen molar-refractivity contribution in [2.75, 3.05) is 31.6 Å². The fourth-order valence-electron chi connectivity index (χ4n) is 1.89. The first-order valence-corrected chi connectivity index (χ1v) is 9.02. The molecule has 0 saturated heterocycles. The summed E-state index contributed by atoms with van der Waals surface area (Å²) in [6.07, 6.45) is 4.00. The molecule has 0 aromatic carbocycles. The summed E-state index contributed by atoms with van der Waals surface area (Å²) in [6.45, 7) is 8.34. The van der Waals surface area contributed by atoms with E-state index in [9.17, 15) is 0 Å². The third kappa shape index (κ3) is 7.92. The molecule has 0 unspecified atom stereocenters. The molecule has 0 spiro atoms. The average Bonchev–Trinajstić information content (AvgIpc) is 2.75. The average molecular weight is 501 g/mol. The van der Waals surface area contributed by atoms with Crippen LogP contribution in [0.4, 0.5) is 0 Å². The fourth-order valence-corrected chi connectivity index (χ4v) is 3.02. The van der Waals surface area contributed by atoms with Gasteiger partial charge < -0.3 is 14.8 Å². The zero-order chi connectivity index (χ0) is 15.7. The minimum atomic E-state index is 0. The maximum absolute atomic E-state index is 4.67. The van der Waals surface area contributed by atoms with Crippen molar-refractivity contribution in [2.45, 2.75) is 13.5 Å². The van der Waals surface area contributed by atoms with E-state index in [4.69, 9.17) is 0 Å². The molecule has 7 heteroatoms. The Labute approximate surface area is 164 Å². The second-order valence-electron chi connectivity index (χ2n) is 4.72. The van der Waals surface area contributed by atoms with Gasteiger partial charge in [-0.15, -0.1) is 30.6 Å². The van der Waals surface area contributed by atoms with Crippen molar-refractivity contribution in [3.63, 3.8) is 0 Å². The molecule has 1 heterocycles. The Hall–Kier alpha value is -0.150. The molecule has 0 fully saturated rings. The van der Waals surface area contributed by atoms with E-state index >= 15 is 0 Å². The number of rotatable bonds is 8. The lowest BCUT2D eigenvalue weighted by Gasteiger charge is -2.22. The van der Waals surface area contributed by atoms with Crippen LogP contribution < -0.4 is 5.32 Å². The lowest BCUT2D eigenvalue weighted by Crippen LogP contribution is -2.39. The highest BCUT2D eigenvalue weighted by molar-refractivity contribution is 14.0. The van der Waals surface area contributed by atoms with Gasteiger partial charge in [0, 0.05) is 48.5 Å². The molecule has 126 valence electrons. The Kier molecular flexibility index (Phi) is 12.2. The number of aromatic nitrogens is 1. The van der Waals surface area contributed by atoms with Crippen LogP contribution in [0.25, 0.3) is 0 Å². The van der Waals surface area contributed by atoms with Crippen LogP contribution in [0.2, 0.25) is 0 Å². The van der Waals surface area contributed by atoms with Crippen molar-refractivity contribution in [3.8, 4) is 0 Å². The van der Waals surface area contributed by atoms with Crippen molar-refractivity contribution in [3.05, 3.63) is 35.1 Å². The Balaban J connectivity index is 0.00000441. The largest absolute Gasteiger partial charge is 0.357 e. The number of thioether (sulfide) groups is 1. The monoisotopic (exact) mass is 500 g/mol. The van der Waals surface area contributed by atoms with Crippen molar-refractivity contribution in [1.82, 2.24) is 14.8 Å². The minimum absolute atomic E-state index is 0. The summed E-state index contributed by atoms with van der Waals surface area (Å²) >= 11 is 5.36. The van der Waals surface area contributed by atoms with Crippen LogP contribution in [0.1, 0.15) is 12.6 Å². The maximum atomic E-state index is 4.67. The van der Waals surface area contributed by atoms with Crippen LogP contribution in [-0.2, 0) is 13.6 Å². The Morgan fingerprint density at radius 1 is 1.59 bits per heavy atom. The Bertz CT molecular complexity index is 476. The highest BCUT2D eigenvalue weighted by Crippen LogP contribution is 2.15. The summed E-state index contributed by atoms with van der Waals surface area (Å²) in [5, 5.41) is 3.35. The summed E-state index contributed by atoms with van der Waals surface area (Å²) in [5.74, 6) is 2.96. The molecule has 0 aliphatic carbocycles. The molecule has 0 aliphatic heterocycles. The van der Waals surface area contributed by atoms with E-state index in [2.05, 4.69) is 75.6 Å². The Morgan fingerprint density at radius 3 is 2.86 bits per heavy atom. The van der Waals surface area contributed by atoms with Crippen molar-refractivity contribution < 1.29 is 0 Å². The van der Waals surface area contributed by atoms with Crippen molar-refractivity contribution >= 4 is 57.6 Å². The van der Waals surface area contributed by atoms with Crippen LogP contribution in [0.5, 0.6) is 0 Å². The van der Waals surface area contributed by atoms with Gasteiger partial charge in [0.1, 0.15) is 0 Å². The number of aliphatic imine (C=N–C) groups is 1. The van der Waals surface area contributed by atoms with Gasteiger partial charge in [-0.25, -0.2) is 0 Å². The Morgan fingerprint density at radius 2 is 2.32 bits per heavy atom. The second-order valence-corrected chi connectivity index (χ2v) is 6.78. The van der Waals surface area contributed by atoms with E-state index in [1.807, 2.05) is 17.8 Å². The van der Waals surface area contributed by atoms with Gasteiger partial charge in [-0.05, 0) is 28.9 Å². The SMILES string of the molecule is C=CCSCCN=C(NCC)N(C)Cc1cc(Br)cn1C.I. The van der Waals surface area contributed by atoms with Crippen LogP contribution >= 0.6 is 51.7 Å². The number of aryl methyl sites for hydroxylation is 1. The molecule has 1 rings (SSSR count). The topological polar surface area (TPSA) is 32.6 Å². The number of nitrogens with zero attached hydrogens (tertiary/aromatic N) is 3. The minimum Gasteiger partial charge on any atom is -0.357 e. The molecule has 0 amide bonds. The van der Waals surface area contributed by atoms with Gasteiger partial charge in [0.05, 0.1) is 13.1 Å². The molecule has 22 heavy (non-hydrogen) atoms. The molecule has 1 aromatic rings. The van der Waals surface area contributed by atoms with Gasteiger partial charge >= 0.3 is 0 Å². The highest BCUT2D eigenvalue weighted by Gasteiger charge is 2.09. The quantitative estimate of drug-likeness (QED) is 0.194. The molecule has 1 N–H and O–H groups in total. The van der Waals surface area contributed by atoms with E-state index < -0.39 is 0 Å². The molecule has 0 aliphatic rings. The summed E-state index contributed by atoms with van der Waals surface area (Å²) in [7, 11) is 4.13. The highest BCUT2D eigenvalue weighted by atomic mass is 127. The molecule has 4 nitrogen and oxygen atoms in total. The third-order valence-electron chi connectivity index (χ3n) is 2.90. The molecule has 0 saturated carbocycles. The predicted octanol–water partition coefficient (Wildman–Crippen LogP) is 3.72. The van der Waals surface area contributed by atoms with Crippen LogP contribution in [-0.4, -0.2) is 47.1 Å². The van der Waals surface area contributed by atoms with E-state index in [-0.39, 0.29) is 24.0 Å². The normalized spacial score (nSPS) is 11.0. The summed E-state index contributed by atoms with van der Waals surface area (Å²) in [4.78, 5) is 6.83. The van der Waals surface area contributed by atoms with Crippen LogP contribution in [0.3, 0.4) is 0 Å². The van der Waals surface area contributed by atoms with Crippen LogP contribution in [0.15, 0.2) is 34.4 Å². The van der Waals surface area contributed by atoms with E-state index in [1.165, 1.54) is 5.69 Å². The number of halogens is 2. The lowest BCUT2D eigenvalue weighted by atomic mass is 10.4. The van der Waals surface area contributed by atoms with Crippen molar-refractivity contribution in [1.29, 1.82) is 0 Å². The number of nitrogens with one attached hydrogen (secondary N) is 1. The molecular formula is C15H26BrIN4S. The first-order chi connectivity index (χ1) is 10.1.